The van der Waals surface area contributed by atoms with E-state index in [0.717, 1.165) is 12.5 Å². The zero-order valence-corrected chi connectivity index (χ0v) is 13.0. The van der Waals surface area contributed by atoms with Crippen molar-refractivity contribution in [3.8, 4) is 0 Å². The van der Waals surface area contributed by atoms with Crippen LogP contribution in [0, 0.1) is 11.7 Å². The summed E-state index contributed by atoms with van der Waals surface area (Å²) in [6.45, 7) is 4.20. The van der Waals surface area contributed by atoms with E-state index < -0.39 is 24.3 Å². The number of halogens is 2. The van der Waals surface area contributed by atoms with Gasteiger partial charge in [0, 0.05) is 11.0 Å². The Morgan fingerprint density at radius 2 is 2.10 bits per heavy atom. The molecule has 110 valence electrons. The van der Waals surface area contributed by atoms with Gasteiger partial charge in [-0.2, -0.15) is 0 Å². The van der Waals surface area contributed by atoms with Crippen LogP contribution in [0.1, 0.15) is 30.6 Å². The topological polar surface area (TPSA) is 55.4 Å². The Hall–Kier alpha value is -1.43. The summed E-state index contributed by atoms with van der Waals surface area (Å²) >= 11 is 3.14. The van der Waals surface area contributed by atoms with Crippen molar-refractivity contribution in [3.05, 3.63) is 34.1 Å². The van der Waals surface area contributed by atoms with E-state index in [2.05, 4.69) is 21.2 Å². The molecular weight excluding hydrogens is 329 g/mol. The summed E-state index contributed by atoms with van der Waals surface area (Å²) in [4.78, 5) is 23.1. The van der Waals surface area contributed by atoms with Gasteiger partial charge in [0.1, 0.15) is 5.82 Å². The second kappa shape index (κ2) is 7.99. The Bertz CT molecular complexity index is 491. The molecule has 4 nitrogen and oxygen atoms in total. The average molecular weight is 346 g/mol. The molecule has 0 bridgehead atoms. The second-order valence-corrected chi connectivity index (χ2v) is 5.65. The first-order chi connectivity index (χ1) is 9.40. The number of rotatable bonds is 6. The Balaban J connectivity index is 2.43. The number of amides is 1. The minimum absolute atomic E-state index is 0.200. The summed E-state index contributed by atoms with van der Waals surface area (Å²) in [5.74, 6) is -1.45. The predicted octanol–water partition coefficient (Wildman–Crippen LogP) is 2.91. The van der Waals surface area contributed by atoms with Crippen LogP contribution in [0.2, 0.25) is 0 Å². The van der Waals surface area contributed by atoms with E-state index in [1.807, 2.05) is 13.8 Å². The molecule has 0 heterocycles. The molecule has 1 aromatic carbocycles. The zero-order chi connectivity index (χ0) is 15.1. The lowest BCUT2D eigenvalue weighted by Crippen LogP contribution is -2.30. The highest BCUT2D eigenvalue weighted by molar-refractivity contribution is 9.10. The fourth-order valence-corrected chi connectivity index (χ4v) is 1.78. The van der Waals surface area contributed by atoms with Crippen LogP contribution in [-0.2, 0) is 9.53 Å². The van der Waals surface area contributed by atoms with Crippen LogP contribution in [0.15, 0.2) is 22.7 Å². The maximum Gasteiger partial charge on any atom is 0.341 e. The second-order valence-electron chi connectivity index (χ2n) is 4.73. The highest BCUT2D eigenvalue weighted by Gasteiger charge is 2.15. The Morgan fingerprint density at radius 1 is 1.40 bits per heavy atom. The predicted molar refractivity (Wildman–Crippen MR) is 76.8 cm³/mol. The van der Waals surface area contributed by atoms with Crippen LogP contribution in [0.4, 0.5) is 4.39 Å². The molecule has 0 aromatic heterocycles. The third kappa shape index (κ3) is 5.69. The smallest absolute Gasteiger partial charge is 0.341 e. The lowest BCUT2D eigenvalue weighted by molar-refractivity contribution is -0.124. The number of hydrogen-bond donors (Lipinski definition) is 1. The van der Waals surface area contributed by atoms with Crippen LogP contribution in [0.25, 0.3) is 0 Å². The van der Waals surface area contributed by atoms with E-state index in [-0.39, 0.29) is 5.56 Å². The van der Waals surface area contributed by atoms with Crippen molar-refractivity contribution in [1.29, 1.82) is 0 Å². The lowest BCUT2D eigenvalue weighted by Gasteiger charge is -2.08. The first-order valence-corrected chi connectivity index (χ1v) is 7.08. The molecule has 0 fully saturated rings. The Morgan fingerprint density at radius 3 is 2.75 bits per heavy atom. The summed E-state index contributed by atoms with van der Waals surface area (Å²) in [7, 11) is 0. The Kier molecular flexibility index (Phi) is 6.64. The first kappa shape index (κ1) is 16.6. The molecule has 1 rings (SSSR count). The SMILES string of the molecule is CC(C)CCNC(=O)COC(=O)c1cc(Br)ccc1F. The van der Waals surface area contributed by atoms with Crippen LogP contribution in [-0.4, -0.2) is 25.0 Å². The molecule has 0 unspecified atom stereocenters. The number of hydrogen-bond acceptors (Lipinski definition) is 3. The van der Waals surface area contributed by atoms with Gasteiger partial charge >= 0.3 is 5.97 Å². The summed E-state index contributed by atoms with van der Waals surface area (Å²) < 4.78 is 18.7. The third-order valence-corrected chi connectivity index (χ3v) is 3.02. The largest absolute Gasteiger partial charge is 0.452 e. The van der Waals surface area contributed by atoms with E-state index in [9.17, 15) is 14.0 Å². The van der Waals surface area contributed by atoms with Crippen LogP contribution >= 0.6 is 15.9 Å². The Labute approximate surface area is 125 Å². The molecule has 1 N–H and O–H groups in total. The fourth-order valence-electron chi connectivity index (χ4n) is 1.41. The molecule has 6 heteroatoms. The highest BCUT2D eigenvalue weighted by Crippen LogP contribution is 2.16. The van der Waals surface area contributed by atoms with Crippen LogP contribution < -0.4 is 5.32 Å². The molecule has 0 spiro atoms. The maximum absolute atomic E-state index is 13.4. The number of esters is 1. The quantitative estimate of drug-likeness (QED) is 0.806. The van der Waals surface area contributed by atoms with Gasteiger partial charge < -0.3 is 10.1 Å². The average Bonchev–Trinajstić information content (AvgIpc) is 2.38. The molecule has 1 amide bonds. The van der Waals surface area contributed by atoms with E-state index in [0.29, 0.717) is 16.9 Å². The van der Waals surface area contributed by atoms with Crippen molar-refractivity contribution < 1.29 is 18.7 Å². The minimum Gasteiger partial charge on any atom is -0.452 e. The zero-order valence-electron chi connectivity index (χ0n) is 11.4. The molecule has 0 aliphatic rings. The number of carbonyl (C=O) groups is 2. The monoisotopic (exact) mass is 345 g/mol. The van der Waals surface area contributed by atoms with E-state index in [4.69, 9.17) is 4.74 Å². The van der Waals surface area contributed by atoms with Gasteiger partial charge in [-0.3, -0.25) is 4.79 Å². The molecule has 0 atom stereocenters. The van der Waals surface area contributed by atoms with Crippen LogP contribution in [0.5, 0.6) is 0 Å². The number of nitrogens with one attached hydrogen (secondary N) is 1. The van der Waals surface area contributed by atoms with Gasteiger partial charge in [-0.15, -0.1) is 0 Å². The molecule has 20 heavy (non-hydrogen) atoms. The maximum atomic E-state index is 13.4. The normalized spacial score (nSPS) is 10.4. The number of ether oxygens (including phenoxy) is 1. The van der Waals surface area contributed by atoms with Crippen molar-refractivity contribution >= 4 is 27.8 Å². The summed E-state index contributed by atoms with van der Waals surface area (Å²) in [6.07, 6.45) is 0.847. The molecule has 0 aliphatic carbocycles. The molecule has 0 radical (unpaired) electrons. The lowest BCUT2D eigenvalue weighted by atomic mass is 10.1. The van der Waals surface area contributed by atoms with E-state index >= 15 is 0 Å². The van der Waals surface area contributed by atoms with Gasteiger partial charge in [0.05, 0.1) is 5.56 Å². The van der Waals surface area contributed by atoms with Crippen molar-refractivity contribution in [2.45, 2.75) is 20.3 Å². The van der Waals surface area contributed by atoms with Crippen LogP contribution in [0.3, 0.4) is 0 Å². The summed E-state index contributed by atoms with van der Waals surface area (Å²) in [5.41, 5.74) is -0.200. The third-order valence-electron chi connectivity index (χ3n) is 2.53. The summed E-state index contributed by atoms with van der Waals surface area (Å²) in [5, 5.41) is 2.63. The standard InChI is InChI=1S/C14H17BrFNO3/c1-9(2)5-6-17-13(18)8-20-14(19)11-7-10(15)3-4-12(11)16/h3-4,7,9H,5-6,8H2,1-2H3,(H,17,18). The van der Waals surface area contributed by atoms with Crippen molar-refractivity contribution in [2.75, 3.05) is 13.2 Å². The van der Waals surface area contributed by atoms with Gasteiger partial charge in [0.25, 0.3) is 5.91 Å². The van der Waals surface area contributed by atoms with Gasteiger partial charge in [-0.25, -0.2) is 9.18 Å². The van der Waals surface area contributed by atoms with E-state index in [1.165, 1.54) is 12.1 Å². The highest BCUT2D eigenvalue weighted by atomic mass is 79.9. The summed E-state index contributed by atoms with van der Waals surface area (Å²) in [6, 6.07) is 3.95. The molecule has 0 saturated heterocycles. The van der Waals surface area contributed by atoms with Crippen molar-refractivity contribution in [3.63, 3.8) is 0 Å². The van der Waals surface area contributed by atoms with Gasteiger partial charge in [0.2, 0.25) is 0 Å². The minimum atomic E-state index is -0.859. The number of benzene rings is 1. The van der Waals surface area contributed by atoms with Crippen molar-refractivity contribution in [1.82, 2.24) is 5.32 Å². The molecular formula is C14H17BrFNO3. The van der Waals surface area contributed by atoms with E-state index in [1.54, 1.807) is 0 Å². The van der Waals surface area contributed by atoms with Gasteiger partial charge in [-0.05, 0) is 30.5 Å². The van der Waals surface area contributed by atoms with Gasteiger partial charge in [0.15, 0.2) is 6.61 Å². The number of carbonyl (C=O) groups excluding carboxylic acids is 2. The van der Waals surface area contributed by atoms with Crippen molar-refractivity contribution in [2.24, 2.45) is 5.92 Å². The fraction of sp³-hybridized carbons (Fsp3) is 0.429. The molecule has 0 aliphatic heterocycles. The molecule has 1 aromatic rings. The molecule has 0 saturated carbocycles. The van der Waals surface area contributed by atoms with Gasteiger partial charge in [-0.1, -0.05) is 29.8 Å². The first-order valence-electron chi connectivity index (χ1n) is 6.29.